The van der Waals surface area contributed by atoms with E-state index in [4.69, 9.17) is 10.5 Å². The predicted molar refractivity (Wildman–Crippen MR) is 80.4 cm³/mol. The number of nitrogens with zero attached hydrogens (tertiary/aromatic N) is 1. The predicted octanol–water partition coefficient (Wildman–Crippen LogP) is 1.69. The fourth-order valence-electron chi connectivity index (χ4n) is 3.09. The first kappa shape index (κ1) is 16.4. The van der Waals surface area contributed by atoms with Crippen molar-refractivity contribution in [3.63, 3.8) is 0 Å². The van der Waals surface area contributed by atoms with Crippen molar-refractivity contribution >= 4 is 0 Å². The van der Waals surface area contributed by atoms with Crippen LogP contribution in [0.2, 0.25) is 0 Å². The molecule has 1 fully saturated rings. The zero-order chi connectivity index (χ0) is 15.5. The Balaban J connectivity index is 2.12. The van der Waals surface area contributed by atoms with E-state index in [9.17, 15) is 9.50 Å². The Hall–Kier alpha value is -1.01. The molecule has 2 rings (SSSR count). The highest BCUT2D eigenvalue weighted by Crippen LogP contribution is 2.28. The van der Waals surface area contributed by atoms with Crippen molar-refractivity contribution in [2.24, 2.45) is 5.73 Å². The van der Waals surface area contributed by atoms with Gasteiger partial charge in [0.05, 0.1) is 5.60 Å². The van der Waals surface area contributed by atoms with Crippen LogP contribution in [-0.2, 0) is 4.74 Å². The minimum absolute atomic E-state index is 0.0579. The van der Waals surface area contributed by atoms with E-state index in [-0.39, 0.29) is 17.9 Å². The van der Waals surface area contributed by atoms with Crippen molar-refractivity contribution in [3.8, 4) is 0 Å². The maximum atomic E-state index is 13.1. The lowest BCUT2D eigenvalue weighted by atomic mass is 9.91. The molecule has 2 atom stereocenters. The molecule has 1 heterocycles. The van der Waals surface area contributed by atoms with E-state index < -0.39 is 5.60 Å². The number of ether oxygens (including phenoxy) is 1. The summed E-state index contributed by atoms with van der Waals surface area (Å²) in [6, 6.07) is 6.23. The van der Waals surface area contributed by atoms with Gasteiger partial charge in [-0.05, 0) is 31.7 Å². The van der Waals surface area contributed by atoms with Gasteiger partial charge in [-0.1, -0.05) is 12.1 Å². The summed E-state index contributed by atoms with van der Waals surface area (Å²) in [5.74, 6) is -0.257. The van der Waals surface area contributed by atoms with Gasteiger partial charge in [-0.25, -0.2) is 4.39 Å². The van der Waals surface area contributed by atoms with Gasteiger partial charge in [0.25, 0.3) is 0 Å². The number of hydrogen-bond acceptors (Lipinski definition) is 4. The van der Waals surface area contributed by atoms with Crippen LogP contribution < -0.4 is 5.73 Å². The summed E-state index contributed by atoms with van der Waals surface area (Å²) in [6.07, 6.45) is 1.26. The smallest absolute Gasteiger partial charge is 0.123 e. The number of hydrogen-bond donors (Lipinski definition) is 2. The van der Waals surface area contributed by atoms with Crippen molar-refractivity contribution in [2.75, 3.05) is 26.8 Å². The molecule has 0 aromatic heterocycles. The molecule has 0 aliphatic carbocycles. The van der Waals surface area contributed by atoms with Crippen LogP contribution >= 0.6 is 0 Å². The normalized spacial score (nSPS) is 21.2. The summed E-state index contributed by atoms with van der Waals surface area (Å²) in [4.78, 5) is 2.06. The van der Waals surface area contributed by atoms with Crippen molar-refractivity contribution < 1.29 is 14.2 Å². The minimum Gasteiger partial charge on any atom is -0.388 e. The van der Waals surface area contributed by atoms with Crippen LogP contribution in [0.25, 0.3) is 0 Å². The van der Waals surface area contributed by atoms with Crippen LogP contribution in [0.15, 0.2) is 24.3 Å². The van der Waals surface area contributed by atoms with Crippen molar-refractivity contribution in [3.05, 3.63) is 35.6 Å². The van der Waals surface area contributed by atoms with E-state index in [1.165, 1.54) is 12.1 Å². The fraction of sp³-hybridized carbons (Fsp3) is 0.625. The standard InChI is InChI=1S/C16H25FN2O2/c1-12(18)15(13-3-5-14(17)6-4-13)19(2)11-16(20)7-9-21-10-8-16/h3-6,12,15,20H,7-11,18H2,1-2H3. The van der Waals surface area contributed by atoms with Gasteiger partial charge in [-0.3, -0.25) is 4.90 Å². The molecule has 2 unspecified atom stereocenters. The molecule has 21 heavy (non-hydrogen) atoms. The summed E-state index contributed by atoms with van der Waals surface area (Å²) < 4.78 is 18.4. The maximum Gasteiger partial charge on any atom is 0.123 e. The molecule has 3 N–H and O–H groups in total. The third-order valence-corrected chi connectivity index (χ3v) is 4.15. The molecule has 4 nitrogen and oxygen atoms in total. The lowest BCUT2D eigenvalue weighted by molar-refractivity contribution is -0.0824. The summed E-state index contributed by atoms with van der Waals surface area (Å²) >= 11 is 0. The second kappa shape index (κ2) is 6.83. The molecule has 5 heteroatoms. The Bertz CT molecular complexity index is 444. The minimum atomic E-state index is -0.736. The molecule has 118 valence electrons. The van der Waals surface area contributed by atoms with Crippen molar-refractivity contribution in [1.29, 1.82) is 0 Å². The van der Waals surface area contributed by atoms with Gasteiger partial charge >= 0.3 is 0 Å². The summed E-state index contributed by atoms with van der Waals surface area (Å²) in [5.41, 5.74) is 6.34. The average molecular weight is 296 g/mol. The number of benzene rings is 1. The van der Waals surface area contributed by atoms with Gasteiger partial charge in [-0.15, -0.1) is 0 Å². The first-order valence-corrected chi connectivity index (χ1v) is 7.43. The first-order chi connectivity index (χ1) is 9.91. The number of rotatable bonds is 5. The highest BCUT2D eigenvalue weighted by Gasteiger charge is 2.34. The molecule has 0 spiro atoms. The molecular formula is C16H25FN2O2. The van der Waals surface area contributed by atoms with Gasteiger partial charge in [0, 0.05) is 44.7 Å². The van der Waals surface area contributed by atoms with E-state index >= 15 is 0 Å². The van der Waals surface area contributed by atoms with E-state index in [1.807, 2.05) is 14.0 Å². The third kappa shape index (κ3) is 4.23. The molecule has 1 saturated heterocycles. The molecule has 0 bridgehead atoms. The van der Waals surface area contributed by atoms with Crippen LogP contribution in [0.4, 0.5) is 4.39 Å². The van der Waals surface area contributed by atoms with Gasteiger partial charge in [-0.2, -0.15) is 0 Å². The number of likely N-dealkylation sites (N-methyl/N-ethyl adjacent to an activating group) is 1. The largest absolute Gasteiger partial charge is 0.388 e. The zero-order valence-electron chi connectivity index (χ0n) is 12.8. The zero-order valence-corrected chi connectivity index (χ0v) is 12.8. The van der Waals surface area contributed by atoms with Crippen LogP contribution in [0.3, 0.4) is 0 Å². The van der Waals surface area contributed by atoms with Crippen LogP contribution in [-0.4, -0.2) is 48.5 Å². The SMILES string of the molecule is CC(N)C(c1ccc(F)cc1)N(C)CC1(O)CCOCC1. The highest BCUT2D eigenvalue weighted by atomic mass is 19.1. The van der Waals surface area contributed by atoms with Crippen LogP contribution in [0.5, 0.6) is 0 Å². The van der Waals surface area contributed by atoms with Gasteiger partial charge in [0.15, 0.2) is 0 Å². The lowest BCUT2D eigenvalue weighted by Crippen LogP contribution is -2.49. The quantitative estimate of drug-likeness (QED) is 0.868. The first-order valence-electron chi connectivity index (χ1n) is 7.43. The highest BCUT2D eigenvalue weighted by molar-refractivity contribution is 5.21. The van der Waals surface area contributed by atoms with Gasteiger partial charge in [0.1, 0.15) is 5.82 Å². The second-order valence-corrected chi connectivity index (χ2v) is 6.11. The molecule has 1 aromatic rings. The van der Waals surface area contributed by atoms with E-state index in [0.29, 0.717) is 32.6 Å². The number of halogens is 1. The van der Waals surface area contributed by atoms with E-state index in [0.717, 1.165) is 5.56 Å². The Morgan fingerprint density at radius 3 is 2.43 bits per heavy atom. The Morgan fingerprint density at radius 2 is 1.90 bits per heavy atom. The molecule has 1 aliphatic heterocycles. The Morgan fingerprint density at radius 1 is 1.33 bits per heavy atom. The summed E-state index contributed by atoms with van der Waals surface area (Å²) in [6.45, 7) is 3.63. The molecule has 0 radical (unpaired) electrons. The number of nitrogens with two attached hydrogens (primary N) is 1. The summed E-state index contributed by atoms with van der Waals surface area (Å²) in [5, 5.41) is 10.6. The summed E-state index contributed by atoms with van der Waals surface area (Å²) in [7, 11) is 1.95. The van der Waals surface area contributed by atoms with Crippen LogP contribution in [0.1, 0.15) is 31.4 Å². The topological polar surface area (TPSA) is 58.7 Å². The molecule has 1 aromatic carbocycles. The monoisotopic (exact) mass is 296 g/mol. The maximum absolute atomic E-state index is 13.1. The third-order valence-electron chi connectivity index (χ3n) is 4.15. The molecule has 0 saturated carbocycles. The Labute approximate surface area is 125 Å². The van der Waals surface area contributed by atoms with Crippen molar-refractivity contribution in [1.82, 2.24) is 4.90 Å². The average Bonchev–Trinajstić information content (AvgIpc) is 2.41. The number of aliphatic hydroxyl groups is 1. The molecule has 1 aliphatic rings. The van der Waals surface area contributed by atoms with Gasteiger partial charge in [0.2, 0.25) is 0 Å². The van der Waals surface area contributed by atoms with Gasteiger partial charge < -0.3 is 15.6 Å². The Kier molecular flexibility index (Phi) is 5.32. The van der Waals surface area contributed by atoms with E-state index in [2.05, 4.69) is 4.90 Å². The van der Waals surface area contributed by atoms with Crippen LogP contribution in [0, 0.1) is 5.82 Å². The fourth-order valence-corrected chi connectivity index (χ4v) is 3.09. The lowest BCUT2D eigenvalue weighted by Gasteiger charge is -2.39. The molecular weight excluding hydrogens is 271 g/mol. The molecule has 0 amide bonds. The van der Waals surface area contributed by atoms with Crippen molar-refractivity contribution in [2.45, 2.75) is 37.5 Å². The van der Waals surface area contributed by atoms with E-state index in [1.54, 1.807) is 12.1 Å². The second-order valence-electron chi connectivity index (χ2n) is 6.11.